The first-order chi connectivity index (χ1) is 9.61. The molecule has 0 bridgehead atoms. The number of rotatable bonds is 5. The smallest absolute Gasteiger partial charge is 0.253 e. The number of benzene rings is 1. The number of ether oxygens (including phenoxy) is 1. The van der Waals surface area contributed by atoms with Gasteiger partial charge in [0.25, 0.3) is 5.91 Å². The van der Waals surface area contributed by atoms with Crippen LogP contribution in [-0.2, 0) is 9.53 Å². The van der Waals surface area contributed by atoms with Gasteiger partial charge in [-0.1, -0.05) is 6.32 Å². The maximum absolute atomic E-state index is 11.7. The summed E-state index contributed by atoms with van der Waals surface area (Å²) < 4.78 is 5.07. The van der Waals surface area contributed by atoms with Crippen molar-refractivity contribution < 1.29 is 19.8 Å². The number of hydrogen-bond donors (Lipinski definition) is 2. The summed E-state index contributed by atoms with van der Waals surface area (Å²) in [5.74, 6) is -0.0802. The summed E-state index contributed by atoms with van der Waals surface area (Å²) in [5.41, 5.74) is 1.29. The predicted octanol–water partition coefficient (Wildman–Crippen LogP) is 0.193. The van der Waals surface area contributed by atoms with Crippen LogP contribution in [0.2, 0.25) is 6.32 Å². The number of aliphatic hydroxyl groups excluding tert-OH is 1. The van der Waals surface area contributed by atoms with E-state index in [0.29, 0.717) is 18.8 Å². The Morgan fingerprint density at radius 3 is 2.70 bits per heavy atom. The van der Waals surface area contributed by atoms with Crippen LogP contribution in [0.25, 0.3) is 0 Å². The van der Waals surface area contributed by atoms with Gasteiger partial charge in [-0.2, -0.15) is 0 Å². The van der Waals surface area contributed by atoms with E-state index in [1.807, 2.05) is 0 Å². The van der Waals surface area contributed by atoms with Crippen LogP contribution < -0.4 is 9.96 Å². The third-order valence-corrected chi connectivity index (χ3v) is 3.10. The number of hydrogen-bond acceptors (Lipinski definition) is 5. The summed E-state index contributed by atoms with van der Waals surface area (Å²) in [5, 5.41) is 20.1. The van der Waals surface area contributed by atoms with Gasteiger partial charge in [-0.3, -0.25) is 15.1 Å². The molecule has 6 nitrogen and oxygen atoms in total. The van der Waals surface area contributed by atoms with Crippen molar-refractivity contribution in [2.45, 2.75) is 12.4 Å². The van der Waals surface area contributed by atoms with Crippen LogP contribution in [0.3, 0.4) is 0 Å². The maximum atomic E-state index is 11.7. The Morgan fingerprint density at radius 2 is 2.10 bits per heavy atom. The van der Waals surface area contributed by atoms with E-state index in [1.54, 1.807) is 29.2 Å². The van der Waals surface area contributed by atoms with E-state index in [-0.39, 0.29) is 25.4 Å². The summed E-state index contributed by atoms with van der Waals surface area (Å²) in [6, 6.07) is 6.86. The Labute approximate surface area is 118 Å². The molecule has 1 aromatic carbocycles. The molecule has 1 aromatic rings. The first-order valence-electron chi connectivity index (χ1n) is 6.44. The molecule has 1 heterocycles. The Bertz CT molecular complexity index is 454. The Hall–Kier alpha value is -1.57. The minimum Gasteiger partial charge on any atom is -0.392 e. The molecule has 2 rings (SSSR count). The monoisotopic (exact) mass is 276 g/mol. The summed E-state index contributed by atoms with van der Waals surface area (Å²) in [4.78, 5) is 13.3. The molecule has 0 unspecified atom stereocenters. The van der Waals surface area contributed by atoms with E-state index < -0.39 is 6.10 Å². The second-order valence-electron chi connectivity index (χ2n) is 4.59. The number of hydroxylamine groups is 1. The van der Waals surface area contributed by atoms with E-state index >= 15 is 0 Å². The van der Waals surface area contributed by atoms with Crippen LogP contribution in [0.1, 0.15) is 0 Å². The normalized spacial score (nSPS) is 17.1. The largest absolute Gasteiger partial charge is 0.392 e. The van der Waals surface area contributed by atoms with Gasteiger partial charge in [-0.05, 0) is 24.3 Å². The number of carbonyl (C=O) groups is 1. The van der Waals surface area contributed by atoms with E-state index in [1.165, 1.54) is 0 Å². The van der Waals surface area contributed by atoms with Gasteiger partial charge in [0.05, 0.1) is 32.8 Å². The van der Waals surface area contributed by atoms with Crippen molar-refractivity contribution in [2.75, 3.05) is 36.3 Å². The molecular weight excluding hydrogens is 259 g/mol. The van der Waals surface area contributed by atoms with Gasteiger partial charge in [0, 0.05) is 12.2 Å². The topological polar surface area (TPSA) is 73.2 Å². The molecule has 1 saturated heterocycles. The van der Waals surface area contributed by atoms with E-state index in [2.05, 4.69) is 0 Å². The molecule has 20 heavy (non-hydrogen) atoms. The fourth-order valence-corrected chi connectivity index (χ4v) is 1.98. The fourth-order valence-electron chi connectivity index (χ4n) is 1.98. The molecule has 106 valence electrons. The van der Waals surface area contributed by atoms with Gasteiger partial charge in [-0.15, -0.1) is 0 Å². The molecule has 1 atom stereocenters. The van der Waals surface area contributed by atoms with E-state index in [4.69, 9.17) is 12.6 Å². The highest BCUT2D eigenvalue weighted by atomic mass is 16.5. The van der Waals surface area contributed by atoms with Crippen LogP contribution in [0.15, 0.2) is 24.3 Å². The van der Waals surface area contributed by atoms with Crippen molar-refractivity contribution >= 4 is 25.1 Å². The van der Waals surface area contributed by atoms with Crippen LogP contribution in [0, 0.1) is 0 Å². The number of amides is 1. The molecule has 0 aromatic heterocycles. The van der Waals surface area contributed by atoms with Gasteiger partial charge < -0.3 is 14.7 Å². The quantitative estimate of drug-likeness (QED) is 0.593. The molecule has 0 spiro atoms. The van der Waals surface area contributed by atoms with E-state index in [0.717, 1.165) is 10.8 Å². The second kappa shape index (κ2) is 6.74. The number of morpholine rings is 1. The highest BCUT2D eigenvalue weighted by Crippen LogP contribution is 2.21. The lowest BCUT2D eigenvalue weighted by atomic mass is 9.99. The highest BCUT2D eigenvalue weighted by molar-refractivity contribution is 6.08. The van der Waals surface area contributed by atoms with Crippen LogP contribution in [0.5, 0.6) is 0 Å². The zero-order chi connectivity index (χ0) is 14.5. The molecule has 2 N–H and O–H groups in total. The zero-order valence-corrected chi connectivity index (χ0v) is 11.1. The highest BCUT2D eigenvalue weighted by Gasteiger charge is 2.20. The third kappa shape index (κ3) is 3.50. The minimum absolute atomic E-state index is 0.0341. The summed E-state index contributed by atoms with van der Waals surface area (Å²) in [6.45, 7) is 1.16. The number of nitrogens with zero attached hydrogens (tertiary/aromatic N) is 2. The average molecular weight is 276 g/mol. The van der Waals surface area contributed by atoms with Crippen molar-refractivity contribution in [3.05, 3.63) is 24.3 Å². The van der Waals surface area contributed by atoms with Crippen molar-refractivity contribution in [2.24, 2.45) is 0 Å². The molecular formula is C13H17BN2O4. The third-order valence-electron chi connectivity index (χ3n) is 3.10. The summed E-state index contributed by atoms with van der Waals surface area (Å²) >= 11 is 0. The van der Waals surface area contributed by atoms with Gasteiger partial charge in [0.2, 0.25) is 0 Å². The Morgan fingerprint density at radius 1 is 1.40 bits per heavy atom. The van der Waals surface area contributed by atoms with E-state index in [9.17, 15) is 15.1 Å². The SMILES string of the molecule is [B]C[C@H](O)CN(O)c1ccc(N2CCOCC2=O)cc1. The molecule has 1 aliphatic rings. The molecule has 1 fully saturated rings. The van der Waals surface area contributed by atoms with Gasteiger partial charge in [0.15, 0.2) is 0 Å². The summed E-state index contributed by atoms with van der Waals surface area (Å²) in [6.07, 6.45) is -0.710. The maximum Gasteiger partial charge on any atom is 0.253 e. The summed E-state index contributed by atoms with van der Waals surface area (Å²) in [7, 11) is 5.29. The molecule has 1 aliphatic heterocycles. The van der Waals surface area contributed by atoms with Crippen molar-refractivity contribution in [1.82, 2.24) is 0 Å². The van der Waals surface area contributed by atoms with Crippen LogP contribution >= 0.6 is 0 Å². The van der Waals surface area contributed by atoms with Gasteiger partial charge >= 0.3 is 0 Å². The number of carbonyl (C=O) groups excluding carboxylic acids is 1. The molecule has 1 amide bonds. The number of aliphatic hydroxyl groups is 1. The van der Waals surface area contributed by atoms with Crippen LogP contribution in [0.4, 0.5) is 11.4 Å². The van der Waals surface area contributed by atoms with Crippen LogP contribution in [-0.4, -0.2) is 56.5 Å². The predicted molar refractivity (Wildman–Crippen MR) is 75.3 cm³/mol. The zero-order valence-electron chi connectivity index (χ0n) is 11.1. The fraction of sp³-hybridized carbons (Fsp3) is 0.462. The van der Waals surface area contributed by atoms with Gasteiger partial charge in [-0.25, -0.2) is 0 Å². The first kappa shape index (κ1) is 14.8. The molecule has 7 heteroatoms. The van der Waals surface area contributed by atoms with Crippen molar-refractivity contribution in [3.63, 3.8) is 0 Å². The molecule has 0 aliphatic carbocycles. The lowest BCUT2D eigenvalue weighted by Gasteiger charge is -2.27. The standard InChI is InChI=1S/C13H17BN2O4/c14-7-12(17)8-16(19)11-3-1-10(2-4-11)15-5-6-20-9-13(15)18/h1-4,12,17,19H,5-9H2/t12-/m0/s1. The van der Waals surface area contributed by atoms with Crippen molar-refractivity contribution in [1.29, 1.82) is 0 Å². The molecule has 0 saturated carbocycles. The lowest BCUT2D eigenvalue weighted by molar-refractivity contribution is -0.125. The van der Waals surface area contributed by atoms with Crippen molar-refractivity contribution in [3.8, 4) is 0 Å². The second-order valence-corrected chi connectivity index (χ2v) is 4.59. The van der Waals surface area contributed by atoms with Gasteiger partial charge in [0.1, 0.15) is 6.61 Å². The minimum atomic E-state index is -0.791. The Balaban J connectivity index is 2.03. The lowest BCUT2D eigenvalue weighted by Crippen LogP contribution is -2.41. The average Bonchev–Trinajstić information content (AvgIpc) is 2.47. The molecule has 2 radical (unpaired) electrons. The number of anilines is 2. The first-order valence-corrected chi connectivity index (χ1v) is 6.44. The Kier molecular flexibility index (Phi) is 5.00.